The highest BCUT2D eigenvalue weighted by molar-refractivity contribution is 9.10. The van der Waals surface area contributed by atoms with Crippen LogP contribution in [0.1, 0.15) is 21.6 Å². The van der Waals surface area contributed by atoms with Crippen LogP contribution in [0.4, 0.5) is 0 Å². The van der Waals surface area contributed by atoms with Crippen molar-refractivity contribution in [1.82, 2.24) is 4.98 Å². The maximum atomic E-state index is 11.3. The number of hydrogen-bond donors (Lipinski definition) is 1. The van der Waals surface area contributed by atoms with Crippen molar-refractivity contribution >= 4 is 21.9 Å². The highest BCUT2D eigenvalue weighted by Gasteiger charge is 2.06. The number of esters is 1. The average molecular weight is 352 g/mol. The van der Waals surface area contributed by atoms with Gasteiger partial charge in [-0.05, 0) is 35.9 Å². The lowest BCUT2D eigenvalue weighted by Gasteiger charge is -2.08. The maximum absolute atomic E-state index is 11.3. The van der Waals surface area contributed by atoms with Crippen molar-refractivity contribution in [2.24, 2.45) is 0 Å². The minimum atomic E-state index is -0.421. The smallest absolute Gasteiger partial charge is 0.339 e. The minimum Gasteiger partial charge on any atom is -0.487 e. The lowest BCUT2D eigenvalue weighted by molar-refractivity contribution is 0.0600. The minimum absolute atomic E-state index is 0.0656. The number of methoxy groups -OCH3 is 1. The van der Waals surface area contributed by atoms with Crippen LogP contribution in [-0.4, -0.2) is 23.2 Å². The molecule has 6 heteroatoms. The molecule has 1 N–H and O–H groups in total. The third kappa shape index (κ3) is 4.03. The molecule has 0 aliphatic rings. The average Bonchev–Trinajstić information content (AvgIpc) is 2.53. The number of pyridine rings is 1. The van der Waals surface area contributed by atoms with Gasteiger partial charge in [0.05, 0.1) is 25.0 Å². The molecule has 1 heterocycles. The van der Waals surface area contributed by atoms with E-state index in [-0.39, 0.29) is 13.2 Å². The molecule has 21 heavy (non-hydrogen) atoms. The van der Waals surface area contributed by atoms with Crippen LogP contribution in [0.5, 0.6) is 5.75 Å². The number of aliphatic hydroxyl groups excluding tert-OH is 1. The van der Waals surface area contributed by atoms with Crippen LogP contribution in [0.15, 0.2) is 41.0 Å². The Morgan fingerprint density at radius 2 is 2.14 bits per heavy atom. The van der Waals surface area contributed by atoms with Crippen molar-refractivity contribution in [1.29, 1.82) is 0 Å². The summed E-state index contributed by atoms with van der Waals surface area (Å²) < 4.78 is 11.0. The summed E-state index contributed by atoms with van der Waals surface area (Å²) in [6.45, 7) is 0.206. The number of carbonyl (C=O) groups is 1. The number of aromatic nitrogens is 1. The van der Waals surface area contributed by atoms with Gasteiger partial charge >= 0.3 is 5.97 Å². The first kappa shape index (κ1) is 15.5. The molecule has 2 rings (SSSR count). The topological polar surface area (TPSA) is 68.7 Å². The molecular weight excluding hydrogens is 338 g/mol. The summed E-state index contributed by atoms with van der Waals surface area (Å²) in [5.74, 6) is 0.219. The summed E-state index contributed by atoms with van der Waals surface area (Å²) in [5, 5.41) is 9.19. The summed E-state index contributed by atoms with van der Waals surface area (Å²) in [5.41, 5.74) is 1.84. The van der Waals surface area contributed by atoms with Crippen LogP contribution in [0.25, 0.3) is 0 Å². The standard InChI is InChI=1S/C15H14BrNO4/c1-20-15(19)10-2-3-12(17-7-10)9-21-13-4-5-14(16)11(6-13)8-18/h2-7,18H,8-9H2,1H3. The van der Waals surface area contributed by atoms with Crippen molar-refractivity contribution in [2.75, 3.05) is 7.11 Å². The summed E-state index contributed by atoms with van der Waals surface area (Å²) in [6.07, 6.45) is 1.45. The van der Waals surface area contributed by atoms with Gasteiger partial charge in [-0.2, -0.15) is 0 Å². The number of nitrogens with zero attached hydrogens (tertiary/aromatic N) is 1. The van der Waals surface area contributed by atoms with Crippen LogP contribution >= 0.6 is 15.9 Å². The first-order chi connectivity index (χ1) is 10.1. The molecule has 110 valence electrons. The Balaban J connectivity index is 2.01. The van der Waals surface area contributed by atoms with E-state index >= 15 is 0 Å². The Kier molecular flexibility index (Phi) is 5.30. The molecule has 1 aromatic heterocycles. The number of carbonyl (C=O) groups excluding carboxylic acids is 1. The predicted octanol–water partition coefficient (Wildman–Crippen LogP) is 2.70. The number of aliphatic hydroxyl groups is 1. The van der Waals surface area contributed by atoms with Crippen LogP contribution in [0, 0.1) is 0 Å². The van der Waals surface area contributed by atoms with Gasteiger partial charge in [0, 0.05) is 10.7 Å². The molecule has 0 atom stereocenters. The second kappa shape index (κ2) is 7.19. The second-order valence-electron chi connectivity index (χ2n) is 4.23. The van der Waals surface area contributed by atoms with E-state index in [1.807, 2.05) is 6.07 Å². The van der Waals surface area contributed by atoms with Crippen molar-refractivity contribution in [3.63, 3.8) is 0 Å². The second-order valence-corrected chi connectivity index (χ2v) is 5.08. The molecule has 0 bridgehead atoms. The van der Waals surface area contributed by atoms with Crippen molar-refractivity contribution in [3.05, 3.63) is 57.8 Å². The fourth-order valence-corrected chi connectivity index (χ4v) is 2.04. The van der Waals surface area contributed by atoms with E-state index in [0.717, 1.165) is 10.0 Å². The molecular formula is C15H14BrNO4. The van der Waals surface area contributed by atoms with E-state index in [4.69, 9.17) is 4.74 Å². The SMILES string of the molecule is COC(=O)c1ccc(COc2ccc(Br)c(CO)c2)nc1. The molecule has 0 fully saturated rings. The predicted molar refractivity (Wildman–Crippen MR) is 80.0 cm³/mol. The number of benzene rings is 1. The van der Waals surface area contributed by atoms with Crippen molar-refractivity contribution in [2.45, 2.75) is 13.2 Å². The fourth-order valence-electron chi connectivity index (χ4n) is 1.67. The Labute approximate surface area is 130 Å². The summed E-state index contributed by atoms with van der Waals surface area (Å²) >= 11 is 3.34. The number of hydrogen-bond acceptors (Lipinski definition) is 5. The molecule has 0 unspecified atom stereocenters. The molecule has 1 aromatic carbocycles. The zero-order valence-electron chi connectivity index (χ0n) is 11.4. The summed E-state index contributed by atoms with van der Waals surface area (Å²) in [6, 6.07) is 8.71. The van der Waals surface area contributed by atoms with Crippen molar-refractivity contribution in [3.8, 4) is 5.75 Å². The molecule has 0 radical (unpaired) electrons. The third-order valence-electron chi connectivity index (χ3n) is 2.82. The first-order valence-corrected chi connectivity index (χ1v) is 6.98. The first-order valence-electron chi connectivity index (χ1n) is 6.19. The quantitative estimate of drug-likeness (QED) is 0.838. The Morgan fingerprint density at radius 1 is 1.33 bits per heavy atom. The van der Waals surface area contributed by atoms with Gasteiger partial charge in [-0.25, -0.2) is 4.79 Å². The van der Waals surface area contributed by atoms with E-state index in [0.29, 0.717) is 17.0 Å². The van der Waals surface area contributed by atoms with E-state index in [1.54, 1.807) is 24.3 Å². The monoisotopic (exact) mass is 351 g/mol. The van der Waals surface area contributed by atoms with Gasteiger partial charge in [0.25, 0.3) is 0 Å². The van der Waals surface area contributed by atoms with Crippen LogP contribution in [-0.2, 0) is 18.0 Å². The molecule has 2 aromatic rings. The normalized spacial score (nSPS) is 10.2. The van der Waals surface area contributed by atoms with Gasteiger partial charge in [-0.1, -0.05) is 15.9 Å². The van der Waals surface area contributed by atoms with Gasteiger partial charge in [-0.3, -0.25) is 4.98 Å². The van der Waals surface area contributed by atoms with Crippen LogP contribution in [0.3, 0.4) is 0 Å². The summed E-state index contributed by atoms with van der Waals surface area (Å²) in [4.78, 5) is 15.4. The molecule has 0 saturated heterocycles. The molecule has 0 aliphatic carbocycles. The number of halogens is 1. The molecule has 0 amide bonds. The summed E-state index contributed by atoms with van der Waals surface area (Å²) in [7, 11) is 1.33. The Morgan fingerprint density at radius 3 is 2.76 bits per heavy atom. The Hall–Kier alpha value is -1.92. The van der Waals surface area contributed by atoms with Gasteiger partial charge in [0.2, 0.25) is 0 Å². The van der Waals surface area contributed by atoms with Gasteiger partial charge in [0.1, 0.15) is 12.4 Å². The van der Waals surface area contributed by atoms with E-state index in [1.165, 1.54) is 13.3 Å². The maximum Gasteiger partial charge on any atom is 0.339 e. The largest absolute Gasteiger partial charge is 0.487 e. The van der Waals surface area contributed by atoms with E-state index < -0.39 is 5.97 Å². The van der Waals surface area contributed by atoms with Crippen molar-refractivity contribution < 1.29 is 19.4 Å². The third-order valence-corrected chi connectivity index (χ3v) is 3.59. The van der Waals surface area contributed by atoms with E-state index in [2.05, 4.69) is 25.7 Å². The van der Waals surface area contributed by atoms with Gasteiger partial charge in [0.15, 0.2) is 0 Å². The molecule has 0 spiro atoms. The molecule has 5 nitrogen and oxygen atoms in total. The molecule has 0 aliphatic heterocycles. The molecule has 0 saturated carbocycles. The lowest BCUT2D eigenvalue weighted by atomic mass is 10.2. The van der Waals surface area contributed by atoms with Gasteiger partial charge < -0.3 is 14.6 Å². The van der Waals surface area contributed by atoms with E-state index in [9.17, 15) is 9.90 Å². The Bertz CT molecular complexity index is 628. The highest BCUT2D eigenvalue weighted by atomic mass is 79.9. The van der Waals surface area contributed by atoms with Crippen LogP contribution < -0.4 is 4.74 Å². The number of ether oxygens (including phenoxy) is 2. The van der Waals surface area contributed by atoms with Crippen LogP contribution in [0.2, 0.25) is 0 Å². The zero-order valence-corrected chi connectivity index (χ0v) is 13.0. The zero-order chi connectivity index (χ0) is 15.2. The van der Waals surface area contributed by atoms with Gasteiger partial charge in [-0.15, -0.1) is 0 Å². The highest BCUT2D eigenvalue weighted by Crippen LogP contribution is 2.23. The number of rotatable bonds is 5. The lowest BCUT2D eigenvalue weighted by Crippen LogP contribution is -2.04. The fraction of sp³-hybridized carbons (Fsp3) is 0.200.